The molecule has 0 N–H and O–H groups in total. The molecule has 3 aliphatic rings. The fourth-order valence-corrected chi connectivity index (χ4v) is 5.88. The molecule has 0 aromatic heterocycles. The number of hydrazone groups is 1. The third kappa shape index (κ3) is 3.17. The highest BCUT2D eigenvalue weighted by atomic mass is 79.9. The molecule has 3 heterocycles. The molecule has 2 aromatic carbocycles. The van der Waals surface area contributed by atoms with E-state index in [-0.39, 0.29) is 17.9 Å². The number of nitrogens with zero attached hydrogens (tertiary/aromatic N) is 3. The summed E-state index contributed by atoms with van der Waals surface area (Å²) in [6.45, 7) is 5.05. The molecule has 7 heteroatoms. The van der Waals surface area contributed by atoms with Gasteiger partial charge >= 0.3 is 5.97 Å². The molecule has 0 bridgehead atoms. The second-order valence-corrected chi connectivity index (χ2v) is 9.61. The minimum atomic E-state index is -0.673. The van der Waals surface area contributed by atoms with Gasteiger partial charge in [-0.05, 0) is 87.6 Å². The molecule has 1 fully saturated rings. The lowest BCUT2D eigenvalue weighted by atomic mass is 9.66. The van der Waals surface area contributed by atoms with E-state index >= 15 is 0 Å². The molecule has 0 aliphatic carbocycles. The highest BCUT2D eigenvalue weighted by Crippen LogP contribution is 2.50. The van der Waals surface area contributed by atoms with Crippen LogP contribution in [0.15, 0.2) is 52.0 Å². The lowest BCUT2D eigenvalue weighted by Gasteiger charge is -2.51. The fraction of sp³-hybridized carbons (Fsp3) is 0.400. The highest BCUT2D eigenvalue weighted by Gasteiger charge is 2.59. The standard InChI is InChI=1S/C25H26BrN3O3/c1-3-32-23(30)17-7-10-20(11-8-17)29-24(31)25(16(2)27-29)15-18-14-19(26)9-12-21(18)28-13-5-4-6-22(25)28/h7-12,14,22H,3-6,13,15H2,1-2H3/t22-,25-/m0/s1. The average molecular weight is 496 g/mol. The lowest BCUT2D eigenvalue weighted by Crippen LogP contribution is -2.61. The number of ether oxygens (including phenoxy) is 1. The van der Waals surface area contributed by atoms with Crippen molar-refractivity contribution in [3.8, 4) is 0 Å². The minimum Gasteiger partial charge on any atom is -0.462 e. The van der Waals surface area contributed by atoms with Gasteiger partial charge in [0.05, 0.1) is 23.6 Å². The van der Waals surface area contributed by atoms with Gasteiger partial charge in [0.15, 0.2) is 0 Å². The van der Waals surface area contributed by atoms with Crippen LogP contribution in [0.1, 0.15) is 49.0 Å². The van der Waals surface area contributed by atoms with E-state index < -0.39 is 5.41 Å². The summed E-state index contributed by atoms with van der Waals surface area (Å²) in [5.41, 5.74) is 3.74. The fourth-order valence-electron chi connectivity index (χ4n) is 5.47. The van der Waals surface area contributed by atoms with Crippen LogP contribution >= 0.6 is 15.9 Å². The molecular formula is C25H26BrN3O3. The smallest absolute Gasteiger partial charge is 0.338 e. The first-order valence-electron chi connectivity index (χ1n) is 11.2. The van der Waals surface area contributed by atoms with Crippen LogP contribution in [-0.2, 0) is 16.0 Å². The van der Waals surface area contributed by atoms with Crippen LogP contribution in [0, 0.1) is 5.41 Å². The van der Waals surface area contributed by atoms with Gasteiger partial charge in [0.25, 0.3) is 5.91 Å². The number of anilines is 2. The molecule has 0 radical (unpaired) electrons. The maximum atomic E-state index is 14.0. The van der Waals surface area contributed by atoms with E-state index in [0.29, 0.717) is 24.3 Å². The first-order chi connectivity index (χ1) is 15.5. The average Bonchev–Trinajstić information content (AvgIpc) is 3.05. The van der Waals surface area contributed by atoms with Crippen molar-refractivity contribution in [3.63, 3.8) is 0 Å². The first-order valence-corrected chi connectivity index (χ1v) is 12.0. The number of esters is 1. The van der Waals surface area contributed by atoms with Crippen molar-refractivity contribution < 1.29 is 14.3 Å². The van der Waals surface area contributed by atoms with Crippen LogP contribution in [0.25, 0.3) is 0 Å². The number of halogens is 1. The van der Waals surface area contributed by atoms with Crippen LogP contribution in [0.4, 0.5) is 11.4 Å². The van der Waals surface area contributed by atoms with Gasteiger partial charge in [0, 0.05) is 22.7 Å². The van der Waals surface area contributed by atoms with E-state index in [9.17, 15) is 9.59 Å². The number of hydrogen-bond donors (Lipinski definition) is 0. The molecule has 166 valence electrons. The Balaban J connectivity index is 1.52. The topological polar surface area (TPSA) is 62.2 Å². The second kappa shape index (κ2) is 8.03. The first kappa shape index (κ1) is 21.2. The van der Waals surface area contributed by atoms with E-state index in [1.807, 2.05) is 6.92 Å². The van der Waals surface area contributed by atoms with Gasteiger partial charge in [0.2, 0.25) is 0 Å². The van der Waals surface area contributed by atoms with Crippen molar-refractivity contribution in [2.24, 2.45) is 10.5 Å². The normalized spacial score (nSPS) is 24.3. The van der Waals surface area contributed by atoms with Gasteiger partial charge < -0.3 is 9.64 Å². The lowest BCUT2D eigenvalue weighted by molar-refractivity contribution is -0.125. The molecule has 0 saturated carbocycles. The third-order valence-electron chi connectivity index (χ3n) is 6.98. The molecule has 2 atom stereocenters. The Morgan fingerprint density at radius 1 is 1.22 bits per heavy atom. The monoisotopic (exact) mass is 495 g/mol. The Bertz CT molecular complexity index is 1110. The summed E-state index contributed by atoms with van der Waals surface area (Å²) in [7, 11) is 0. The van der Waals surface area contributed by atoms with Crippen LogP contribution < -0.4 is 9.91 Å². The molecule has 6 nitrogen and oxygen atoms in total. The van der Waals surface area contributed by atoms with Crippen molar-refractivity contribution in [1.82, 2.24) is 0 Å². The van der Waals surface area contributed by atoms with Gasteiger partial charge in [-0.15, -0.1) is 0 Å². The van der Waals surface area contributed by atoms with Crippen molar-refractivity contribution in [2.45, 2.75) is 45.6 Å². The Kier molecular flexibility index (Phi) is 5.32. The molecule has 32 heavy (non-hydrogen) atoms. The molecule has 1 spiro atoms. The number of benzene rings is 2. The van der Waals surface area contributed by atoms with E-state index in [4.69, 9.17) is 9.84 Å². The predicted octanol–water partition coefficient (Wildman–Crippen LogP) is 4.95. The third-order valence-corrected chi connectivity index (χ3v) is 7.48. The zero-order valence-corrected chi connectivity index (χ0v) is 19.9. The van der Waals surface area contributed by atoms with Crippen LogP contribution in [0.5, 0.6) is 0 Å². The number of piperidine rings is 1. The Morgan fingerprint density at radius 3 is 2.75 bits per heavy atom. The summed E-state index contributed by atoms with van der Waals surface area (Å²) in [6, 6.07) is 13.4. The molecule has 0 unspecified atom stereocenters. The predicted molar refractivity (Wildman–Crippen MR) is 128 cm³/mol. The number of hydrogen-bond acceptors (Lipinski definition) is 5. The van der Waals surface area contributed by atoms with Gasteiger partial charge in [-0.2, -0.15) is 10.1 Å². The Morgan fingerprint density at radius 2 is 2.00 bits per heavy atom. The number of carbonyl (C=O) groups excluding carboxylic acids is 2. The molecule has 1 saturated heterocycles. The number of fused-ring (bicyclic) bond motifs is 4. The number of rotatable bonds is 3. The maximum Gasteiger partial charge on any atom is 0.338 e. The van der Waals surface area contributed by atoms with E-state index in [1.165, 1.54) is 16.3 Å². The van der Waals surface area contributed by atoms with Gasteiger partial charge in [-0.3, -0.25) is 4.79 Å². The second-order valence-electron chi connectivity index (χ2n) is 8.70. The minimum absolute atomic E-state index is 0.0152. The van der Waals surface area contributed by atoms with E-state index in [2.05, 4.69) is 39.0 Å². The molecule has 2 aromatic rings. The number of carbonyl (C=O) groups is 2. The largest absolute Gasteiger partial charge is 0.462 e. The van der Waals surface area contributed by atoms with Gasteiger partial charge in [0.1, 0.15) is 5.41 Å². The summed E-state index contributed by atoms with van der Waals surface area (Å²) in [5, 5.41) is 6.29. The van der Waals surface area contributed by atoms with Gasteiger partial charge in [-0.1, -0.05) is 15.9 Å². The summed E-state index contributed by atoms with van der Waals surface area (Å²) < 4.78 is 6.09. The highest BCUT2D eigenvalue weighted by molar-refractivity contribution is 9.10. The maximum absolute atomic E-state index is 14.0. The molecule has 1 amide bonds. The van der Waals surface area contributed by atoms with Crippen molar-refractivity contribution >= 4 is 44.9 Å². The van der Waals surface area contributed by atoms with Crippen molar-refractivity contribution in [3.05, 3.63) is 58.1 Å². The quantitative estimate of drug-likeness (QED) is 0.565. The molecule has 3 aliphatic heterocycles. The van der Waals surface area contributed by atoms with E-state index in [0.717, 1.165) is 36.0 Å². The van der Waals surface area contributed by atoms with Crippen molar-refractivity contribution in [2.75, 3.05) is 23.1 Å². The molecule has 5 rings (SSSR count). The SMILES string of the molecule is CCOC(=O)c1ccc(N2N=C(C)[C@]3(Cc4cc(Br)ccc4N4CCCC[C@H]43)C2=O)cc1. The van der Waals surface area contributed by atoms with Crippen LogP contribution in [0.2, 0.25) is 0 Å². The van der Waals surface area contributed by atoms with Crippen LogP contribution in [0.3, 0.4) is 0 Å². The van der Waals surface area contributed by atoms with E-state index in [1.54, 1.807) is 31.2 Å². The zero-order valence-electron chi connectivity index (χ0n) is 18.3. The summed E-state index contributed by atoms with van der Waals surface area (Å²) in [5.74, 6) is -0.350. The summed E-state index contributed by atoms with van der Waals surface area (Å²) >= 11 is 3.60. The Labute approximate surface area is 196 Å². The molecular weight excluding hydrogens is 470 g/mol. The Hall–Kier alpha value is -2.67. The van der Waals surface area contributed by atoms with Gasteiger partial charge in [-0.25, -0.2) is 4.79 Å². The summed E-state index contributed by atoms with van der Waals surface area (Å²) in [4.78, 5) is 28.5. The number of amides is 1. The zero-order chi connectivity index (χ0) is 22.5. The van der Waals surface area contributed by atoms with Crippen LogP contribution in [-0.4, -0.2) is 36.8 Å². The summed E-state index contributed by atoms with van der Waals surface area (Å²) in [6.07, 6.45) is 3.87. The van der Waals surface area contributed by atoms with Crippen molar-refractivity contribution in [1.29, 1.82) is 0 Å².